The molecule has 0 spiro atoms. The molecule has 0 aliphatic heterocycles. The summed E-state index contributed by atoms with van der Waals surface area (Å²) in [5, 5.41) is 3.73. The molecule has 0 radical (unpaired) electrons. The van der Waals surface area contributed by atoms with Gasteiger partial charge in [0.05, 0.1) is 24.2 Å². The molecule has 0 bridgehead atoms. The number of halogens is 1. The molecule has 0 N–H and O–H groups in total. The number of aromatic nitrogens is 1. The van der Waals surface area contributed by atoms with Gasteiger partial charge in [-0.15, -0.1) is 0 Å². The van der Waals surface area contributed by atoms with Gasteiger partial charge in [0.25, 0.3) is 0 Å². The van der Waals surface area contributed by atoms with E-state index in [1.165, 1.54) is 26.3 Å². The second-order valence-electron chi connectivity index (χ2n) is 4.49. The van der Waals surface area contributed by atoms with Crippen molar-refractivity contribution in [2.75, 3.05) is 14.2 Å². The van der Waals surface area contributed by atoms with Crippen molar-refractivity contribution in [2.24, 2.45) is 0 Å². The third kappa shape index (κ3) is 3.22. The van der Waals surface area contributed by atoms with E-state index in [-0.39, 0.29) is 17.2 Å². The molecule has 21 heavy (non-hydrogen) atoms. The van der Waals surface area contributed by atoms with Gasteiger partial charge in [-0.25, -0.2) is 12.8 Å². The van der Waals surface area contributed by atoms with E-state index in [0.29, 0.717) is 11.5 Å². The number of hydrogen-bond acceptors (Lipinski definition) is 5. The van der Waals surface area contributed by atoms with Crippen molar-refractivity contribution < 1.29 is 22.1 Å². The molecule has 2 aromatic rings. The van der Waals surface area contributed by atoms with Crippen LogP contribution in [0.15, 0.2) is 33.7 Å². The number of benzene rings is 1. The van der Waals surface area contributed by atoms with Crippen LogP contribution in [0.25, 0.3) is 0 Å². The Labute approximate surface area is 122 Å². The summed E-state index contributed by atoms with van der Waals surface area (Å²) < 4.78 is 49.1. The Hall–Kier alpha value is -1.93. The van der Waals surface area contributed by atoms with Gasteiger partial charge in [-0.3, -0.25) is 0 Å². The summed E-state index contributed by atoms with van der Waals surface area (Å²) in [6, 6.07) is 5.14. The first-order valence-electron chi connectivity index (χ1n) is 6.06. The highest BCUT2D eigenvalue weighted by molar-refractivity contribution is 7.89. The zero-order valence-electron chi connectivity index (χ0n) is 11.8. The molecule has 0 amide bonds. The van der Waals surface area contributed by atoms with Crippen LogP contribution in [0, 0.1) is 12.7 Å². The molecule has 1 heterocycles. The summed E-state index contributed by atoms with van der Waals surface area (Å²) in [6.45, 7) is 1.75. The summed E-state index contributed by atoms with van der Waals surface area (Å²) >= 11 is 0. The highest BCUT2D eigenvalue weighted by Gasteiger charge is 2.23. The molecular weight excluding hydrogens is 299 g/mol. The van der Waals surface area contributed by atoms with E-state index in [4.69, 9.17) is 9.26 Å². The van der Waals surface area contributed by atoms with Crippen molar-refractivity contribution >= 4 is 10.0 Å². The lowest BCUT2D eigenvalue weighted by atomic mass is 10.3. The molecule has 1 aromatic heterocycles. The standard InChI is InChI=1S/C13H15FN2O4S/c1-9-6-10(15-20-9)8-16(2)21(17,18)11-4-5-13(19-3)12(14)7-11/h4-7H,8H2,1-3H3. The third-order valence-corrected chi connectivity index (χ3v) is 4.69. The predicted molar refractivity (Wildman–Crippen MR) is 72.8 cm³/mol. The SMILES string of the molecule is COc1ccc(S(=O)(=O)N(C)Cc2cc(C)on2)cc1F. The normalized spacial score (nSPS) is 11.9. The van der Waals surface area contributed by atoms with Gasteiger partial charge >= 0.3 is 0 Å². The first-order chi connectivity index (χ1) is 9.84. The second kappa shape index (κ2) is 5.82. The van der Waals surface area contributed by atoms with Gasteiger partial charge in [0.2, 0.25) is 10.0 Å². The number of aryl methyl sites for hydroxylation is 1. The van der Waals surface area contributed by atoms with E-state index in [0.717, 1.165) is 10.4 Å². The fourth-order valence-electron chi connectivity index (χ4n) is 1.79. The number of hydrogen-bond donors (Lipinski definition) is 0. The Bertz CT molecular complexity index is 742. The zero-order valence-corrected chi connectivity index (χ0v) is 12.6. The van der Waals surface area contributed by atoms with Gasteiger partial charge in [-0.2, -0.15) is 4.31 Å². The van der Waals surface area contributed by atoms with Gasteiger partial charge in [-0.1, -0.05) is 5.16 Å². The lowest BCUT2D eigenvalue weighted by molar-refractivity contribution is 0.377. The minimum absolute atomic E-state index is 0.0104. The van der Waals surface area contributed by atoms with Crippen LogP contribution >= 0.6 is 0 Å². The van der Waals surface area contributed by atoms with E-state index in [9.17, 15) is 12.8 Å². The zero-order chi connectivity index (χ0) is 15.6. The highest BCUT2D eigenvalue weighted by Crippen LogP contribution is 2.23. The summed E-state index contributed by atoms with van der Waals surface area (Å²) in [5.41, 5.74) is 0.479. The first-order valence-corrected chi connectivity index (χ1v) is 7.50. The smallest absolute Gasteiger partial charge is 0.243 e. The van der Waals surface area contributed by atoms with Crippen LogP contribution in [0.2, 0.25) is 0 Å². The van der Waals surface area contributed by atoms with Crippen molar-refractivity contribution in [2.45, 2.75) is 18.4 Å². The molecule has 0 fully saturated rings. The number of methoxy groups -OCH3 is 1. The Morgan fingerprint density at radius 1 is 1.38 bits per heavy atom. The monoisotopic (exact) mass is 314 g/mol. The van der Waals surface area contributed by atoms with Crippen molar-refractivity contribution in [1.29, 1.82) is 0 Å². The molecular formula is C13H15FN2O4S. The maximum Gasteiger partial charge on any atom is 0.243 e. The molecule has 114 valence electrons. The Kier molecular flexibility index (Phi) is 4.29. The first kappa shape index (κ1) is 15.5. The molecule has 0 aliphatic carbocycles. The molecule has 0 aliphatic rings. The van der Waals surface area contributed by atoms with Crippen LogP contribution in [0.4, 0.5) is 4.39 Å². The van der Waals surface area contributed by atoms with Crippen molar-refractivity contribution in [3.63, 3.8) is 0 Å². The molecule has 0 atom stereocenters. The maximum absolute atomic E-state index is 13.6. The fourth-order valence-corrected chi connectivity index (χ4v) is 2.95. The summed E-state index contributed by atoms with van der Waals surface area (Å²) in [6.07, 6.45) is 0. The molecule has 1 aromatic carbocycles. The number of nitrogens with zero attached hydrogens (tertiary/aromatic N) is 2. The Morgan fingerprint density at radius 2 is 2.10 bits per heavy atom. The van der Waals surface area contributed by atoms with Crippen LogP contribution in [0.5, 0.6) is 5.75 Å². The lowest BCUT2D eigenvalue weighted by Crippen LogP contribution is -2.26. The number of sulfonamides is 1. The van der Waals surface area contributed by atoms with E-state index in [1.54, 1.807) is 13.0 Å². The lowest BCUT2D eigenvalue weighted by Gasteiger charge is -2.16. The Balaban J connectivity index is 2.26. The van der Waals surface area contributed by atoms with Crippen LogP contribution in [0.1, 0.15) is 11.5 Å². The van der Waals surface area contributed by atoms with Gasteiger partial charge in [-0.05, 0) is 25.1 Å². The number of rotatable bonds is 5. The van der Waals surface area contributed by atoms with Gasteiger partial charge in [0.15, 0.2) is 11.6 Å². The highest BCUT2D eigenvalue weighted by atomic mass is 32.2. The van der Waals surface area contributed by atoms with Crippen LogP contribution < -0.4 is 4.74 Å². The van der Waals surface area contributed by atoms with Crippen LogP contribution in [0.3, 0.4) is 0 Å². The van der Waals surface area contributed by atoms with Crippen molar-refractivity contribution in [3.05, 3.63) is 41.5 Å². The minimum Gasteiger partial charge on any atom is -0.494 e. The molecule has 0 unspecified atom stereocenters. The summed E-state index contributed by atoms with van der Waals surface area (Å²) in [4.78, 5) is -0.150. The van der Waals surface area contributed by atoms with E-state index < -0.39 is 15.8 Å². The number of ether oxygens (including phenoxy) is 1. The van der Waals surface area contributed by atoms with E-state index >= 15 is 0 Å². The van der Waals surface area contributed by atoms with Crippen LogP contribution in [-0.2, 0) is 16.6 Å². The van der Waals surface area contributed by atoms with Crippen molar-refractivity contribution in [1.82, 2.24) is 9.46 Å². The molecule has 0 saturated heterocycles. The topological polar surface area (TPSA) is 72.6 Å². The third-order valence-electron chi connectivity index (χ3n) is 2.89. The molecule has 0 saturated carbocycles. The molecule has 6 nitrogen and oxygen atoms in total. The largest absolute Gasteiger partial charge is 0.494 e. The Morgan fingerprint density at radius 3 is 2.62 bits per heavy atom. The fraction of sp³-hybridized carbons (Fsp3) is 0.308. The van der Waals surface area contributed by atoms with E-state index in [2.05, 4.69) is 5.16 Å². The van der Waals surface area contributed by atoms with Crippen LogP contribution in [-0.4, -0.2) is 32.0 Å². The van der Waals surface area contributed by atoms with Crippen molar-refractivity contribution in [3.8, 4) is 5.75 Å². The predicted octanol–water partition coefficient (Wildman–Crippen LogP) is 1.95. The average molecular weight is 314 g/mol. The van der Waals surface area contributed by atoms with Gasteiger partial charge in [0, 0.05) is 13.1 Å². The van der Waals surface area contributed by atoms with Gasteiger partial charge < -0.3 is 9.26 Å². The quantitative estimate of drug-likeness (QED) is 0.843. The average Bonchev–Trinajstić information content (AvgIpc) is 2.83. The second-order valence-corrected chi connectivity index (χ2v) is 6.53. The molecule has 2 rings (SSSR count). The summed E-state index contributed by atoms with van der Waals surface area (Å²) in [5.74, 6) is -0.153. The molecule has 8 heteroatoms. The van der Waals surface area contributed by atoms with E-state index in [1.807, 2.05) is 0 Å². The summed E-state index contributed by atoms with van der Waals surface area (Å²) in [7, 11) is -1.12. The maximum atomic E-state index is 13.6. The van der Waals surface area contributed by atoms with Gasteiger partial charge in [0.1, 0.15) is 5.76 Å². The minimum atomic E-state index is -3.82.